The minimum Gasteiger partial charge on any atom is -0.385 e. The zero-order valence-electron chi connectivity index (χ0n) is 12.9. The maximum atomic E-state index is 12.1. The van der Waals surface area contributed by atoms with E-state index in [0.717, 1.165) is 23.4 Å². The van der Waals surface area contributed by atoms with E-state index in [2.05, 4.69) is 15.6 Å². The molecule has 22 heavy (non-hydrogen) atoms. The standard InChI is InChI=1S/C17H21N3O2/c1-13-6-3-4-7-16(13)20-15-10-14(11-18-12-15)17(21)19-8-5-9-22-2/h3-4,6-7,10-12,20H,5,8-9H2,1-2H3,(H,19,21). The van der Waals surface area contributed by atoms with Crippen LogP contribution in [0.1, 0.15) is 22.3 Å². The number of carbonyl (C=O) groups is 1. The van der Waals surface area contributed by atoms with Crippen LogP contribution in [-0.4, -0.2) is 31.2 Å². The highest BCUT2D eigenvalue weighted by molar-refractivity contribution is 5.94. The molecule has 1 heterocycles. The lowest BCUT2D eigenvalue weighted by atomic mass is 10.2. The van der Waals surface area contributed by atoms with E-state index in [1.165, 1.54) is 0 Å². The van der Waals surface area contributed by atoms with Crippen molar-refractivity contribution >= 4 is 17.3 Å². The lowest BCUT2D eigenvalue weighted by molar-refractivity contribution is 0.0948. The number of para-hydroxylation sites is 1. The van der Waals surface area contributed by atoms with Crippen molar-refractivity contribution in [2.24, 2.45) is 0 Å². The normalized spacial score (nSPS) is 10.3. The molecule has 0 bridgehead atoms. The second-order valence-corrected chi connectivity index (χ2v) is 5.00. The van der Waals surface area contributed by atoms with Crippen LogP contribution in [0.3, 0.4) is 0 Å². The van der Waals surface area contributed by atoms with Gasteiger partial charge in [-0.25, -0.2) is 0 Å². The Kier molecular flexibility index (Phi) is 5.91. The predicted octanol–water partition coefficient (Wildman–Crippen LogP) is 2.90. The first-order valence-corrected chi connectivity index (χ1v) is 7.25. The summed E-state index contributed by atoms with van der Waals surface area (Å²) in [5.74, 6) is -0.128. The quantitative estimate of drug-likeness (QED) is 0.772. The van der Waals surface area contributed by atoms with Gasteiger partial charge < -0.3 is 15.4 Å². The van der Waals surface area contributed by atoms with Crippen molar-refractivity contribution in [3.05, 3.63) is 53.9 Å². The Morgan fingerprint density at radius 3 is 2.86 bits per heavy atom. The first-order chi connectivity index (χ1) is 10.7. The fourth-order valence-electron chi connectivity index (χ4n) is 2.02. The molecule has 0 aliphatic carbocycles. The molecule has 2 N–H and O–H groups in total. The van der Waals surface area contributed by atoms with Gasteiger partial charge in [-0.05, 0) is 31.0 Å². The Hall–Kier alpha value is -2.40. The maximum Gasteiger partial charge on any atom is 0.252 e. The molecule has 5 heteroatoms. The summed E-state index contributed by atoms with van der Waals surface area (Å²) in [5, 5.41) is 6.13. The van der Waals surface area contributed by atoms with Crippen molar-refractivity contribution in [3.8, 4) is 0 Å². The van der Waals surface area contributed by atoms with Crippen molar-refractivity contribution in [1.82, 2.24) is 10.3 Å². The van der Waals surface area contributed by atoms with E-state index >= 15 is 0 Å². The topological polar surface area (TPSA) is 63.2 Å². The zero-order chi connectivity index (χ0) is 15.8. The highest BCUT2D eigenvalue weighted by atomic mass is 16.5. The van der Waals surface area contributed by atoms with Gasteiger partial charge in [-0.1, -0.05) is 18.2 Å². The zero-order valence-corrected chi connectivity index (χ0v) is 12.9. The van der Waals surface area contributed by atoms with E-state index < -0.39 is 0 Å². The summed E-state index contributed by atoms with van der Waals surface area (Å²) in [6.45, 7) is 3.25. The monoisotopic (exact) mass is 299 g/mol. The van der Waals surface area contributed by atoms with Gasteiger partial charge in [-0.3, -0.25) is 9.78 Å². The molecule has 0 unspecified atom stereocenters. The van der Waals surface area contributed by atoms with E-state index in [1.54, 1.807) is 25.6 Å². The third kappa shape index (κ3) is 4.56. The SMILES string of the molecule is COCCCNC(=O)c1cncc(Nc2ccccc2C)c1. The van der Waals surface area contributed by atoms with Gasteiger partial charge in [0.15, 0.2) is 0 Å². The maximum absolute atomic E-state index is 12.1. The number of hydrogen-bond donors (Lipinski definition) is 2. The summed E-state index contributed by atoms with van der Waals surface area (Å²) >= 11 is 0. The summed E-state index contributed by atoms with van der Waals surface area (Å²) in [7, 11) is 1.65. The average molecular weight is 299 g/mol. The minimum absolute atomic E-state index is 0.128. The summed E-state index contributed by atoms with van der Waals surface area (Å²) in [4.78, 5) is 16.2. The van der Waals surface area contributed by atoms with Crippen LogP contribution >= 0.6 is 0 Å². The Morgan fingerprint density at radius 2 is 2.09 bits per heavy atom. The smallest absolute Gasteiger partial charge is 0.252 e. The molecule has 2 rings (SSSR count). The second-order valence-electron chi connectivity index (χ2n) is 5.00. The number of hydrogen-bond acceptors (Lipinski definition) is 4. The molecular formula is C17H21N3O2. The number of ether oxygens (including phenoxy) is 1. The molecule has 0 saturated heterocycles. The molecule has 116 valence electrons. The number of methoxy groups -OCH3 is 1. The van der Waals surface area contributed by atoms with Crippen molar-refractivity contribution in [1.29, 1.82) is 0 Å². The lowest BCUT2D eigenvalue weighted by Gasteiger charge is -2.10. The average Bonchev–Trinajstić information content (AvgIpc) is 2.54. The fraction of sp³-hybridized carbons (Fsp3) is 0.294. The van der Waals surface area contributed by atoms with Crippen LogP contribution in [0.2, 0.25) is 0 Å². The molecule has 0 aliphatic rings. The van der Waals surface area contributed by atoms with Crippen LogP contribution in [0, 0.1) is 6.92 Å². The number of aromatic nitrogens is 1. The van der Waals surface area contributed by atoms with Gasteiger partial charge >= 0.3 is 0 Å². The van der Waals surface area contributed by atoms with Crippen molar-refractivity contribution in [2.45, 2.75) is 13.3 Å². The first kappa shape index (κ1) is 16.0. The van der Waals surface area contributed by atoms with E-state index in [-0.39, 0.29) is 5.91 Å². The van der Waals surface area contributed by atoms with E-state index in [9.17, 15) is 4.79 Å². The van der Waals surface area contributed by atoms with Gasteiger partial charge in [0, 0.05) is 32.1 Å². The molecule has 1 aromatic heterocycles. The molecule has 0 aliphatic heterocycles. The summed E-state index contributed by atoms with van der Waals surface area (Å²) in [5.41, 5.74) is 3.47. The van der Waals surface area contributed by atoms with Crippen LogP contribution < -0.4 is 10.6 Å². The largest absolute Gasteiger partial charge is 0.385 e. The van der Waals surface area contributed by atoms with Gasteiger partial charge in [0.2, 0.25) is 0 Å². The van der Waals surface area contributed by atoms with Crippen LogP contribution in [0.4, 0.5) is 11.4 Å². The highest BCUT2D eigenvalue weighted by Crippen LogP contribution is 2.20. The first-order valence-electron chi connectivity index (χ1n) is 7.25. The lowest BCUT2D eigenvalue weighted by Crippen LogP contribution is -2.25. The summed E-state index contributed by atoms with van der Waals surface area (Å²) in [6.07, 6.45) is 4.06. The molecule has 5 nitrogen and oxygen atoms in total. The minimum atomic E-state index is -0.128. The number of rotatable bonds is 7. The van der Waals surface area contributed by atoms with E-state index in [1.807, 2.05) is 31.2 Å². The molecule has 0 fully saturated rings. The summed E-state index contributed by atoms with van der Waals surface area (Å²) < 4.78 is 4.95. The Morgan fingerprint density at radius 1 is 1.27 bits per heavy atom. The van der Waals surface area contributed by atoms with Crippen LogP contribution in [-0.2, 0) is 4.74 Å². The second kappa shape index (κ2) is 8.14. The van der Waals surface area contributed by atoms with E-state index in [0.29, 0.717) is 18.7 Å². The Balaban J connectivity index is 2.00. The van der Waals surface area contributed by atoms with Gasteiger partial charge in [0.25, 0.3) is 5.91 Å². The predicted molar refractivity (Wildman–Crippen MR) is 87.5 cm³/mol. The molecule has 0 saturated carbocycles. The van der Waals surface area contributed by atoms with Crippen LogP contribution in [0.5, 0.6) is 0 Å². The fourth-order valence-corrected chi connectivity index (χ4v) is 2.02. The van der Waals surface area contributed by atoms with Gasteiger partial charge in [-0.2, -0.15) is 0 Å². The molecule has 0 atom stereocenters. The van der Waals surface area contributed by atoms with E-state index in [4.69, 9.17) is 4.74 Å². The number of anilines is 2. The van der Waals surface area contributed by atoms with Crippen LogP contribution in [0.15, 0.2) is 42.7 Å². The molecule has 1 aromatic carbocycles. The number of pyridine rings is 1. The van der Waals surface area contributed by atoms with Crippen molar-refractivity contribution in [3.63, 3.8) is 0 Å². The Labute approximate surface area is 130 Å². The highest BCUT2D eigenvalue weighted by Gasteiger charge is 2.07. The van der Waals surface area contributed by atoms with Crippen molar-refractivity contribution in [2.75, 3.05) is 25.6 Å². The van der Waals surface area contributed by atoms with Gasteiger partial charge in [0.05, 0.1) is 17.4 Å². The Bertz CT molecular complexity index is 629. The number of benzene rings is 1. The van der Waals surface area contributed by atoms with Crippen LogP contribution in [0.25, 0.3) is 0 Å². The number of aryl methyl sites for hydroxylation is 1. The third-order valence-electron chi connectivity index (χ3n) is 3.24. The molecule has 0 radical (unpaired) electrons. The number of carbonyl (C=O) groups excluding carboxylic acids is 1. The number of nitrogens with zero attached hydrogens (tertiary/aromatic N) is 1. The number of nitrogens with one attached hydrogen (secondary N) is 2. The van der Waals surface area contributed by atoms with Crippen molar-refractivity contribution < 1.29 is 9.53 Å². The van der Waals surface area contributed by atoms with Gasteiger partial charge in [0.1, 0.15) is 0 Å². The molecule has 2 aromatic rings. The molecular weight excluding hydrogens is 278 g/mol. The third-order valence-corrected chi connectivity index (χ3v) is 3.24. The van der Waals surface area contributed by atoms with Gasteiger partial charge in [-0.15, -0.1) is 0 Å². The number of amides is 1. The summed E-state index contributed by atoms with van der Waals surface area (Å²) in [6, 6.07) is 9.78. The molecule has 0 spiro atoms. The molecule has 1 amide bonds.